The topological polar surface area (TPSA) is 49.8 Å². The zero-order valence-corrected chi connectivity index (χ0v) is 11.1. The number of rotatable bonds is 3. The molecule has 0 atom stereocenters. The predicted octanol–water partition coefficient (Wildman–Crippen LogP) is 2.43. The van der Waals surface area contributed by atoms with E-state index >= 15 is 0 Å². The van der Waals surface area contributed by atoms with Gasteiger partial charge in [-0.1, -0.05) is 25.1 Å². The Balaban J connectivity index is 1.94. The van der Waals surface area contributed by atoms with Crippen molar-refractivity contribution in [2.45, 2.75) is 26.3 Å². The zero-order valence-electron chi connectivity index (χ0n) is 11.1. The van der Waals surface area contributed by atoms with Crippen LogP contribution in [0.2, 0.25) is 0 Å². The van der Waals surface area contributed by atoms with Gasteiger partial charge in [-0.15, -0.1) is 0 Å². The highest BCUT2D eigenvalue weighted by Gasteiger charge is 2.16. The monoisotopic (exact) mass is 254 g/mol. The fraction of sp³-hybridized carbons (Fsp3) is 0.333. The molecule has 2 heterocycles. The first kappa shape index (κ1) is 12.1. The van der Waals surface area contributed by atoms with Crippen molar-refractivity contribution in [2.75, 3.05) is 11.9 Å². The number of benzene rings is 1. The Hall–Kier alpha value is -1.94. The minimum Gasteiger partial charge on any atom is -0.324 e. The van der Waals surface area contributed by atoms with Gasteiger partial charge in [0, 0.05) is 30.8 Å². The van der Waals surface area contributed by atoms with Crippen LogP contribution in [0, 0.1) is 0 Å². The molecule has 2 aromatic rings. The molecule has 0 fully saturated rings. The summed E-state index contributed by atoms with van der Waals surface area (Å²) in [5.41, 5.74) is 4.64. The summed E-state index contributed by atoms with van der Waals surface area (Å²) in [5, 5.41) is 6.67. The minimum atomic E-state index is 0.712. The van der Waals surface area contributed by atoms with Crippen LogP contribution in [0.25, 0.3) is 0 Å². The van der Waals surface area contributed by atoms with E-state index in [-0.39, 0.29) is 0 Å². The Morgan fingerprint density at radius 3 is 2.84 bits per heavy atom. The van der Waals surface area contributed by atoms with Crippen molar-refractivity contribution in [2.24, 2.45) is 0 Å². The van der Waals surface area contributed by atoms with Gasteiger partial charge in [-0.2, -0.15) is 0 Å². The molecule has 0 amide bonds. The van der Waals surface area contributed by atoms with Gasteiger partial charge < -0.3 is 10.6 Å². The van der Waals surface area contributed by atoms with Gasteiger partial charge in [0.1, 0.15) is 0 Å². The van der Waals surface area contributed by atoms with Crippen molar-refractivity contribution < 1.29 is 0 Å². The van der Waals surface area contributed by atoms with Crippen LogP contribution < -0.4 is 10.6 Å². The van der Waals surface area contributed by atoms with E-state index in [4.69, 9.17) is 0 Å². The third-order valence-electron chi connectivity index (χ3n) is 3.38. The zero-order chi connectivity index (χ0) is 13.1. The van der Waals surface area contributed by atoms with Crippen LogP contribution in [0.1, 0.15) is 23.9 Å². The molecule has 3 rings (SSSR count). The number of anilines is 2. The number of nitrogens with one attached hydrogen (secondary N) is 2. The molecule has 98 valence electrons. The third kappa shape index (κ3) is 2.58. The second-order valence-corrected chi connectivity index (χ2v) is 4.69. The lowest BCUT2D eigenvalue weighted by Gasteiger charge is -2.19. The molecule has 0 unspecified atom stereocenters. The van der Waals surface area contributed by atoms with Gasteiger partial charge in [-0.25, -0.2) is 9.97 Å². The summed E-state index contributed by atoms with van der Waals surface area (Å²) in [6.07, 6.45) is 1.92. The number of aryl methyl sites for hydroxylation is 1. The van der Waals surface area contributed by atoms with Gasteiger partial charge in [0.25, 0.3) is 0 Å². The van der Waals surface area contributed by atoms with Crippen molar-refractivity contribution in [3.63, 3.8) is 0 Å². The normalized spacial score (nSPS) is 13.9. The van der Waals surface area contributed by atoms with Crippen LogP contribution in [0.4, 0.5) is 11.6 Å². The molecule has 1 aromatic heterocycles. The first-order valence-corrected chi connectivity index (χ1v) is 6.78. The van der Waals surface area contributed by atoms with Crippen LogP contribution >= 0.6 is 0 Å². The van der Waals surface area contributed by atoms with E-state index < -0.39 is 0 Å². The predicted molar refractivity (Wildman–Crippen MR) is 76.5 cm³/mol. The van der Waals surface area contributed by atoms with E-state index in [2.05, 4.69) is 27.5 Å². The minimum absolute atomic E-state index is 0.712. The fourth-order valence-corrected chi connectivity index (χ4v) is 2.41. The lowest BCUT2D eigenvalue weighted by atomic mass is 10.0. The maximum absolute atomic E-state index is 4.65. The van der Waals surface area contributed by atoms with Crippen molar-refractivity contribution >= 4 is 11.6 Å². The maximum atomic E-state index is 4.65. The lowest BCUT2D eigenvalue weighted by molar-refractivity contribution is 0.618. The van der Waals surface area contributed by atoms with Crippen molar-refractivity contribution in [1.82, 2.24) is 15.3 Å². The van der Waals surface area contributed by atoms with Crippen LogP contribution in [-0.4, -0.2) is 16.5 Å². The number of para-hydroxylation sites is 1. The summed E-state index contributed by atoms with van der Waals surface area (Å²) in [6, 6.07) is 10.1. The smallest absolute Gasteiger partial charge is 0.227 e. The maximum Gasteiger partial charge on any atom is 0.227 e. The van der Waals surface area contributed by atoms with Gasteiger partial charge in [-0.05, 0) is 18.6 Å². The number of hydrogen-bond acceptors (Lipinski definition) is 4. The highest BCUT2D eigenvalue weighted by molar-refractivity contribution is 5.53. The van der Waals surface area contributed by atoms with Gasteiger partial charge in [0.15, 0.2) is 0 Å². The molecule has 1 aliphatic rings. The Bertz CT molecular complexity index is 549. The first-order valence-electron chi connectivity index (χ1n) is 6.78. The van der Waals surface area contributed by atoms with Gasteiger partial charge in [0.2, 0.25) is 5.95 Å². The number of fused-ring (bicyclic) bond motifs is 1. The molecule has 1 aliphatic heterocycles. The number of aromatic nitrogens is 2. The molecule has 0 saturated heterocycles. The molecule has 4 heteroatoms. The molecular weight excluding hydrogens is 236 g/mol. The van der Waals surface area contributed by atoms with E-state index in [9.17, 15) is 0 Å². The van der Waals surface area contributed by atoms with E-state index in [1.54, 1.807) is 0 Å². The van der Waals surface area contributed by atoms with Gasteiger partial charge in [-0.3, -0.25) is 0 Å². The number of hydrogen-bond donors (Lipinski definition) is 2. The summed E-state index contributed by atoms with van der Waals surface area (Å²) < 4.78 is 0. The van der Waals surface area contributed by atoms with Gasteiger partial charge in [0.05, 0.1) is 11.4 Å². The Labute approximate surface area is 113 Å². The van der Waals surface area contributed by atoms with Crippen molar-refractivity contribution in [3.8, 4) is 0 Å². The summed E-state index contributed by atoms with van der Waals surface area (Å²) in [4.78, 5) is 9.29. The van der Waals surface area contributed by atoms with Gasteiger partial charge >= 0.3 is 0 Å². The molecule has 19 heavy (non-hydrogen) atoms. The average Bonchev–Trinajstić information content (AvgIpc) is 2.47. The summed E-state index contributed by atoms with van der Waals surface area (Å²) in [5.74, 6) is 0.712. The molecular formula is C15H18N4. The van der Waals surface area contributed by atoms with Crippen LogP contribution in [0.3, 0.4) is 0 Å². The summed E-state index contributed by atoms with van der Waals surface area (Å²) in [6.45, 7) is 4.03. The third-order valence-corrected chi connectivity index (χ3v) is 3.38. The first-order chi connectivity index (χ1) is 9.36. The SMILES string of the molecule is CCc1nc(Nc2ccccc2)nc2c1CNCC2. The fourth-order valence-electron chi connectivity index (χ4n) is 2.41. The molecule has 0 aliphatic carbocycles. The van der Waals surface area contributed by atoms with E-state index in [0.29, 0.717) is 5.95 Å². The standard InChI is InChI=1S/C15H18N4/c1-2-13-12-10-16-9-8-14(12)19-15(18-13)17-11-6-4-3-5-7-11/h3-7,16H,2,8-10H2,1H3,(H,17,18,19). The molecule has 0 spiro atoms. The Kier molecular flexibility index (Phi) is 3.42. The molecule has 0 radical (unpaired) electrons. The molecule has 1 aromatic carbocycles. The summed E-state index contributed by atoms with van der Waals surface area (Å²) >= 11 is 0. The van der Waals surface area contributed by atoms with E-state index in [0.717, 1.165) is 37.3 Å². The lowest BCUT2D eigenvalue weighted by Crippen LogP contribution is -2.26. The quantitative estimate of drug-likeness (QED) is 0.883. The molecule has 0 saturated carbocycles. The molecule has 0 bridgehead atoms. The van der Waals surface area contributed by atoms with Crippen LogP contribution in [0.5, 0.6) is 0 Å². The highest BCUT2D eigenvalue weighted by Crippen LogP contribution is 2.20. The van der Waals surface area contributed by atoms with E-state index in [1.165, 1.54) is 11.3 Å². The Morgan fingerprint density at radius 2 is 2.05 bits per heavy atom. The van der Waals surface area contributed by atoms with Crippen molar-refractivity contribution in [1.29, 1.82) is 0 Å². The van der Waals surface area contributed by atoms with Crippen LogP contribution in [0.15, 0.2) is 30.3 Å². The van der Waals surface area contributed by atoms with Crippen molar-refractivity contribution in [3.05, 3.63) is 47.3 Å². The molecule has 4 nitrogen and oxygen atoms in total. The molecule has 2 N–H and O–H groups in total. The largest absolute Gasteiger partial charge is 0.324 e. The Morgan fingerprint density at radius 1 is 1.21 bits per heavy atom. The second kappa shape index (κ2) is 5.36. The highest BCUT2D eigenvalue weighted by atomic mass is 15.1. The summed E-state index contributed by atoms with van der Waals surface area (Å²) in [7, 11) is 0. The van der Waals surface area contributed by atoms with E-state index in [1.807, 2.05) is 30.3 Å². The van der Waals surface area contributed by atoms with Crippen LogP contribution in [-0.2, 0) is 19.4 Å². The average molecular weight is 254 g/mol. The second-order valence-electron chi connectivity index (χ2n) is 4.69. The number of nitrogens with zero attached hydrogens (tertiary/aromatic N) is 2.